The Hall–Kier alpha value is -1.79. The highest BCUT2D eigenvalue weighted by Crippen LogP contribution is 2.41. The van der Waals surface area contributed by atoms with Gasteiger partial charge in [-0.15, -0.1) is 0 Å². The minimum atomic E-state index is -0.446. The zero-order chi connectivity index (χ0) is 18.7. The third-order valence-electron chi connectivity index (χ3n) is 5.86. The van der Waals surface area contributed by atoms with Crippen LogP contribution < -0.4 is 15.2 Å². The highest BCUT2D eigenvalue weighted by atomic mass is 35.5. The van der Waals surface area contributed by atoms with Gasteiger partial charge in [0.1, 0.15) is 0 Å². The number of piperazine rings is 1. The molecule has 2 unspecified atom stereocenters. The van der Waals surface area contributed by atoms with E-state index in [9.17, 15) is 4.79 Å². The number of nitrogens with zero attached hydrogens (tertiary/aromatic N) is 3. The normalized spacial score (nSPS) is 23.4. The number of hydrogen-bond donors (Lipinski definition) is 0. The largest absolute Gasteiger partial charge is 0.486 e. The van der Waals surface area contributed by atoms with Crippen molar-refractivity contribution in [1.82, 2.24) is 9.47 Å². The summed E-state index contributed by atoms with van der Waals surface area (Å²) in [6, 6.07) is 2.31. The first kappa shape index (κ1) is 17.6. The van der Waals surface area contributed by atoms with Crippen molar-refractivity contribution in [2.75, 3.05) is 31.6 Å². The molecule has 4 rings (SSSR count). The van der Waals surface area contributed by atoms with E-state index < -0.39 is 5.82 Å². The SMILES string of the molecule is Cc1c(Cl)cc2c3c(c(=O)n(C)c2c1F)OCCC1CN(C)C(C)CN31. The van der Waals surface area contributed by atoms with Gasteiger partial charge in [0.25, 0.3) is 5.56 Å². The number of aryl methyl sites for hydroxylation is 1. The summed E-state index contributed by atoms with van der Waals surface area (Å²) in [7, 11) is 3.69. The van der Waals surface area contributed by atoms with Crippen LogP contribution in [0.5, 0.6) is 5.75 Å². The van der Waals surface area contributed by atoms with Crippen LogP contribution in [0.25, 0.3) is 10.9 Å². The molecular formula is C19H23ClFN3O2. The highest BCUT2D eigenvalue weighted by Gasteiger charge is 2.36. The average molecular weight is 380 g/mol. The fourth-order valence-electron chi connectivity index (χ4n) is 4.11. The number of pyridine rings is 1. The van der Waals surface area contributed by atoms with Crippen LogP contribution >= 0.6 is 11.6 Å². The minimum Gasteiger partial charge on any atom is -0.486 e. The van der Waals surface area contributed by atoms with E-state index in [-0.39, 0.29) is 17.1 Å². The van der Waals surface area contributed by atoms with Gasteiger partial charge < -0.3 is 14.2 Å². The lowest BCUT2D eigenvalue weighted by Crippen LogP contribution is -2.56. The van der Waals surface area contributed by atoms with Gasteiger partial charge in [0.05, 0.1) is 17.8 Å². The van der Waals surface area contributed by atoms with Crippen LogP contribution in [0.2, 0.25) is 5.02 Å². The molecule has 7 heteroatoms. The number of benzene rings is 1. The van der Waals surface area contributed by atoms with Gasteiger partial charge in [0, 0.05) is 54.6 Å². The van der Waals surface area contributed by atoms with Gasteiger partial charge in [-0.2, -0.15) is 0 Å². The van der Waals surface area contributed by atoms with Crippen molar-refractivity contribution in [3.63, 3.8) is 0 Å². The molecule has 0 N–H and O–H groups in total. The maximum absolute atomic E-state index is 15.0. The molecule has 2 aliphatic rings. The number of likely N-dealkylation sites (N-methyl/N-ethyl adjacent to an activating group) is 1. The quantitative estimate of drug-likeness (QED) is 0.705. The second-order valence-electron chi connectivity index (χ2n) is 7.47. The smallest absolute Gasteiger partial charge is 0.295 e. The van der Waals surface area contributed by atoms with E-state index in [0.717, 1.165) is 19.5 Å². The van der Waals surface area contributed by atoms with E-state index in [4.69, 9.17) is 16.3 Å². The number of aromatic nitrogens is 1. The van der Waals surface area contributed by atoms with Gasteiger partial charge in [-0.3, -0.25) is 9.69 Å². The van der Waals surface area contributed by atoms with Gasteiger partial charge in [-0.25, -0.2) is 4.39 Å². The van der Waals surface area contributed by atoms with Crippen LogP contribution in [-0.2, 0) is 7.05 Å². The fraction of sp³-hybridized carbons (Fsp3) is 0.526. The predicted octanol–water partition coefficient (Wildman–Crippen LogP) is 2.93. The lowest BCUT2D eigenvalue weighted by atomic mass is 10.0. The maximum Gasteiger partial charge on any atom is 0.295 e. The van der Waals surface area contributed by atoms with E-state index in [2.05, 4.69) is 23.8 Å². The fourth-order valence-corrected chi connectivity index (χ4v) is 4.30. The van der Waals surface area contributed by atoms with Crippen LogP contribution in [-0.4, -0.2) is 48.3 Å². The van der Waals surface area contributed by atoms with Crippen molar-refractivity contribution in [3.8, 4) is 5.75 Å². The van der Waals surface area contributed by atoms with Gasteiger partial charge in [-0.05, 0) is 27.0 Å². The third kappa shape index (κ3) is 2.42. The Bertz CT molecular complexity index is 958. The first-order valence-corrected chi connectivity index (χ1v) is 9.30. The Labute approximate surface area is 156 Å². The summed E-state index contributed by atoms with van der Waals surface area (Å²) < 4.78 is 22.2. The zero-order valence-electron chi connectivity index (χ0n) is 15.5. The third-order valence-corrected chi connectivity index (χ3v) is 6.26. The van der Waals surface area contributed by atoms with E-state index in [1.807, 2.05) is 0 Å². The molecule has 2 atom stereocenters. The molecule has 1 aromatic carbocycles. The predicted molar refractivity (Wildman–Crippen MR) is 102 cm³/mol. The molecule has 0 aliphatic carbocycles. The molecule has 1 fully saturated rings. The van der Waals surface area contributed by atoms with Gasteiger partial charge in [0.15, 0.2) is 5.82 Å². The van der Waals surface area contributed by atoms with Crippen molar-refractivity contribution in [2.45, 2.75) is 32.4 Å². The molecule has 0 amide bonds. The molecular weight excluding hydrogens is 357 g/mol. The number of halogens is 2. The van der Waals surface area contributed by atoms with Crippen LogP contribution in [0.3, 0.4) is 0 Å². The van der Waals surface area contributed by atoms with Crippen molar-refractivity contribution < 1.29 is 9.13 Å². The van der Waals surface area contributed by atoms with Crippen molar-refractivity contribution in [3.05, 3.63) is 32.8 Å². The second kappa shape index (κ2) is 6.13. The molecule has 26 heavy (non-hydrogen) atoms. The van der Waals surface area contributed by atoms with Gasteiger partial charge in [0.2, 0.25) is 5.75 Å². The summed E-state index contributed by atoms with van der Waals surface area (Å²) in [5.74, 6) is -0.142. The zero-order valence-corrected chi connectivity index (χ0v) is 16.2. The Morgan fingerprint density at radius 1 is 1.31 bits per heavy atom. The summed E-state index contributed by atoms with van der Waals surface area (Å²) in [5.41, 5.74) is 1.02. The summed E-state index contributed by atoms with van der Waals surface area (Å²) in [5, 5.41) is 0.998. The van der Waals surface area contributed by atoms with Crippen molar-refractivity contribution in [2.24, 2.45) is 7.05 Å². The molecule has 0 saturated carbocycles. The Kier molecular flexibility index (Phi) is 4.15. The molecule has 0 spiro atoms. The number of fused-ring (bicyclic) bond motifs is 5. The topological polar surface area (TPSA) is 37.7 Å². The molecule has 5 nitrogen and oxygen atoms in total. The number of rotatable bonds is 0. The van der Waals surface area contributed by atoms with Gasteiger partial charge >= 0.3 is 0 Å². The maximum atomic E-state index is 15.0. The van der Waals surface area contributed by atoms with E-state index in [1.165, 1.54) is 4.57 Å². The Morgan fingerprint density at radius 3 is 2.77 bits per heavy atom. The number of hydrogen-bond acceptors (Lipinski definition) is 4. The van der Waals surface area contributed by atoms with E-state index >= 15 is 4.39 Å². The van der Waals surface area contributed by atoms with Crippen LogP contribution in [0.4, 0.5) is 10.1 Å². The lowest BCUT2D eigenvalue weighted by Gasteiger charge is -2.44. The molecule has 0 radical (unpaired) electrons. The molecule has 2 aliphatic heterocycles. The Balaban J connectivity index is 2.08. The highest BCUT2D eigenvalue weighted by molar-refractivity contribution is 6.32. The van der Waals surface area contributed by atoms with Crippen LogP contribution in [0, 0.1) is 12.7 Å². The van der Waals surface area contributed by atoms with Crippen molar-refractivity contribution in [1.29, 1.82) is 0 Å². The summed E-state index contributed by atoms with van der Waals surface area (Å²) >= 11 is 6.30. The standard InChI is InChI=1S/C19H23ClFN3O2/c1-10-8-24-12(9-22(10)3)5-6-26-18-17(24)13-7-14(20)11(2)15(21)16(13)23(4)19(18)25/h7,10,12H,5-6,8-9H2,1-4H3. The molecule has 3 heterocycles. The first-order valence-electron chi connectivity index (χ1n) is 8.92. The van der Waals surface area contributed by atoms with E-state index in [1.54, 1.807) is 20.0 Å². The Morgan fingerprint density at radius 2 is 2.04 bits per heavy atom. The second-order valence-corrected chi connectivity index (χ2v) is 7.87. The summed E-state index contributed by atoms with van der Waals surface area (Å²) in [4.78, 5) is 17.5. The molecule has 0 bridgehead atoms. The monoisotopic (exact) mass is 379 g/mol. The van der Waals surface area contributed by atoms with E-state index in [0.29, 0.717) is 40.1 Å². The average Bonchev–Trinajstić information content (AvgIpc) is 2.77. The first-order chi connectivity index (χ1) is 12.3. The van der Waals surface area contributed by atoms with Gasteiger partial charge in [-0.1, -0.05) is 11.6 Å². The van der Waals surface area contributed by atoms with Crippen LogP contribution in [0.15, 0.2) is 10.9 Å². The van der Waals surface area contributed by atoms with Crippen molar-refractivity contribution >= 4 is 28.2 Å². The minimum absolute atomic E-state index is 0.218. The molecule has 2 aromatic rings. The molecule has 140 valence electrons. The number of anilines is 1. The summed E-state index contributed by atoms with van der Waals surface area (Å²) in [6.07, 6.45) is 0.818. The summed E-state index contributed by atoms with van der Waals surface area (Å²) in [6.45, 7) is 5.89. The number of ether oxygens (including phenoxy) is 1. The molecule has 1 aromatic heterocycles. The lowest BCUT2D eigenvalue weighted by molar-refractivity contribution is 0.189. The van der Waals surface area contributed by atoms with Crippen LogP contribution in [0.1, 0.15) is 18.9 Å². The molecule has 1 saturated heterocycles.